The van der Waals surface area contributed by atoms with E-state index in [0.29, 0.717) is 5.92 Å². The Bertz CT molecular complexity index is 378. The smallest absolute Gasteiger partial charge is 0.0717 e. The average molecular weight is 242 g/mol. The monoisotopic (exact) mass is 242 g/mol. The van der Waals surface area contributed by atoms with Crippen molar-refractivity contribution in [3.05, 3.63) is 60.2 Å². The summed E-state index contributed by atoms with van der Waals surface area (Å²) >= 11 is 0. The quantitative estimate of drug-likeness (QED) is 0.527. The summed E-state index contributed by atoms with van der Waals surface area (Å²) in [6.07, 6.45) is 14.1. The molecule has 1 aliphatic carbocycles. The van der Waals surface area contributed by atoms with Crippen LogP contribution in [0.15, 0.2) is 54.6 Å². The van der Waals surface area contributed by atoms with Gasteiger partial charge in [0.2, 0.25) is 0 Å². The molecule has 96 valence electrons. The number of ether oxygens (including phenoxy) is 1. The topological polar surface area (TPSA) is 9.23 Å². The van der Waals surface area contributed by atoms with E-state index in [1.165, 1.54) is 24.8 Å². The van der Waals surface area contributed by atoms with E-state index in [1.54, 1.807) is 0 Å². The zero-order valence-electron chi connectivity index (χ0n) is 10.9. The molecule has 0 saturated heterocycles. The van der Waals surface area contributed by atoms with Crippen LogP contribution in [0.1, 0.15) is 31.2 Å². The van der Waals surface area contributed by atoms with Crippen LogP contribution in [0.4, 0.5) is 0 Å². The molecule has 0 fully saturated rings. The van der Waals surface area contributed by atoms with E-state index in [4.69, 9.17) is 4.74 Å². The molecule has 0 saturated carbocycles. The Morgan fingerprint density at radius 3 is 2.89 bits per heavy atom. The van der Waals surface area contributed by atoms with Gasteiger partial charge in [-0.1, -0.05) is 54.6 Å². The maximum atomic E-state index is 5.64. The van der Waals surface area contributed by atoms with Crippen LogP contribution in [0.25, 0.3) is 0 Å². The molecule has 0 N–H and O–H groups in total. The molecule has 18 heavy (non-hydrogen) atoms. The molecule has 0 aliphatic heterocycles. The second-order valence-electron chi connectivity index (χ2n) is 4.78. The first kappa shape index (κ1) is 13.1. The zero-order valence-corrected chi connectivity index (χ0v) is 10.9. The molecule has 0 amide bonds. The molecule has 1 heteroatoms. The van der Waals surface area contributed by atoms with Gasteiger partial charge in [0.05, 0.1) is 13.2 Å². The maximum Gasteiger partial charge on any atom is 0.0717 e. The first-order valence-corrected chi connectivity index (χ1v) is 6.90. The van der Waals surface area contributed by atoms with Crippen molar-refractivity contribution in [1.29, 1.82) is 0 Å². The molecule has 1 atom stereocenters. The highest BCUT2D eigenvalue weighted by Crippen LogP contribution is 2.18. The van der Waals surface area contributed by atoms with Crippen molar-refractivity contribution in [2.75, 3.05) is 6.61 Å². The first-order chi connectivity index (χ1) is 8.95. The van der Waals surface area contributed by atoms with E-state index in [1.807, 2.05) is 18.2 Å². The van der Waals surface area contributed by atoms with Crippen LogP contribution in [0, 0.1) is 5.92 Å². The predicted octanol–water partition coefficient (Wildman–Crippen LogP) is 4.51. The van der Waals surface area contributed by atoms with E-state index in [0.717, 1.165) is 19.6 Å². The summed E-state index contributed by atoms with van der Waals surface area (Å²) in [5.41, 5.74) is 1.25. The molecule has 2 rings (SSSR count). The lowest BCUT2D eigenvalue weighted by Crippen LogP contribution is -1.97. The van der Waals surface area contributed by atoms with Gasteiger partial charge in [0.1, 0.15) is 0 Å². The maximum absolute atomic E-state index is 5.64. The summed E-state index contributed by atoms with van der Waals surface area (Å²) in [5, 5.41) is 0. The van der Waals surface area contributed by atoms with Crippen LogP contribution in [0.2, 0.25) is 0 Å². The fourth-order valence-electron chi connectivity index (χ4n) is 2.19. The summed E-state index contributed by atoms with van der Waals surface area (Å²) in [7, 11) is 0. The zero-order chi connectivity index (χ0) is 12.5. The lowest BCUT2D eigenvalue weighted by molar-refractivity contribution is 0.125. The van der Waals surface area contributed by atoms with Gasteiger partial charge in [-0.05, 0) is 37.2 Å². The van der Waals surface area contributed by atoms with E-state index < -0.39 is 0 Å². The summed E-state index contributed by atoms with van der Waals surface area (Å²) in [6, 6.07) is 10.3. The van der Waals surface area contributed by atoms with Crippen LogP contribution in [-0.2, 0) is 11.3 Å². The van der Waals surface area contributed by atoms with Crippen LogP contribution in [0.3, 0.4) is 0 Å². The highest BCUT2D eigenvalue weighted by atomic mass is 16.5. The third-order valence-corrected chi connectivity index (χ3v) is 3.22. The SMILES string of the molecule is C1=CC(/C=C/CCOCc2ccccc2)CCC1. The summed E-state index contributed by atoms with van der Waals surface area (Å²) in [4.78, 5) is 0. The molecular formula is C17H22O. The largest absolute Gasteiger partial charge is 0.376 e. The van der Waals surface area contributed by atoms with Crippen LogP contribution >= 0.6 is 0 Å². The van der Waals surface area contributed by atoms with Gasteiger partial charge in [-0.15, -0.1) is 0 Å². The summed E-state index contributed by atoms with van der Waals surface area (Å²) in [5.74, 6) is 0.660. The Kier molecular flexibility index (Phi) is 5.74. The number of hydrogen-bond acceptors (Lipinski definition) is 1. The predicted molar refractivity (Wildman–Crippen MR) is 76.3 cm³/mol. The van der Waals surface area contributed by atoms with Crippen molar-refractivity contribution in [3.63, 3.8) is 0 Å². The lowest BCUT2D eigenvalue weighted by atomic mass is 9.95. The number of allylic oxidation sites excluding steroid dienone is 3. The molecule has 1 aromatic carbocycles. The van der Waals surface area contributed by atoms with E-state index in [2.05, 4.69) is 36.4 Å². The molecular weight excluding hydrogens is 220 g/mol. The third kappa shape index (κ3) is 4.89. The Balaban J connectivity index is 1.57. The molecule has 1 aliphatic rings. The van der Waals surface area contributed by atoms with Gasteiger partial charge in [-0.2, -0.15) is 0 Å². The Labute approximate surface area is 110 Å². The fraction of sp³-hybridized carbons (Fsp3) is 0.412. The normalized spacial score (nSPS) is 19.4. The molecule has 0 radical (unpaired) electrons. The number of benzene rings is 1. The van der Waals surface area contributed by atoms with Crippen LogP contribution < -0.4 is 0 Å². The van der Waals surface area contributed by atoms with Gasteiger partial charge >= 0.3 is 0 Å². The molecule has 1 unspecified atom stereocenters. The minimum absolute atomic E-state index is 0.660. The van der Waals surface area contributed by atoms with Gasteiger partial charge in [0.25, 0.3) is 0 Å². The highest BCUT2D eigenvalue weighted by molar-refractivity contribution is 5.13. The average Bonchev–Trinajstić information content (AvgIpc) is 2.45. The van der Waals surface area contributed by atoms with Crippen molar-refractivity contribution in [1.82, 2.24) is 0 Å². The van der Waals surface area contributed by atoms with Crippen molar-refractivity contribution in [2.45, 2.75) is 32.3 Å². The Hall–Kier alpha value is -1.34. The minimum atomic E-state index is 0.660. The van der Waals surface area contributed by atoms with Crippen molar-refractivity contribution < 1.29 is 4.74 Å². The molecule has 0 aromatic heterocycles. The second-order valence-corrected chi connectivity index (χ2v) is 4.78. The molecule has 0 spiro atoms. The Morgan fingerprint density at radius 2 is 2.11 bits per heavy atom. The molecule has 0 heterocycles. The molecule has 0 bridgehead atoms. The van der Waals surface area contributed by atoms with E-state index >= 15 is 0 Å². The molecule has 1 aromatic rings. The van der Waals surface area contributed by atoms with Crippen molar-refractivity contribution in [3.8, 4) is 0 Å². The van der Waals surface area contributed by atoms with E-state index in [9.17, 15) is 0 Å². The summed E-state index contributed by atoms with van der Waals surface area (Å²) in [6.45, 7) is 1.53. The second kappa shape index (κ2) is 7.88. The number of rotatable bonds is 6. The van der Waals surface area contributed by atoms with Crippen molar-refractivity contribution in [2.24, 2.45) is 5.92 Å². The third-order valence-electron chi connectivity index (χ3n) is 3.22. The van der Waals surface area contributed by atoms with Crippen LogP contribution in [0.5, 0.6) is 0 Å². The fourth-order valence-corrected chi connectivity index (χ4v) is 2.19. The Morgan fingerprint density at radius 1 is 1.22 bits per heavy atom. The van der Waals surface area contributed by atoms with Gasteiger partial charge in [-0.25, -0.2) is 0 Å². The molecule has 1 nitrogen and oxygen atoms in total. The van der Waals surface area contributed by atoms with Crippen LogP contribution in [-0.4, -0.2) is 6.61 Å². The van der Waals surface area contributed by atoms with Gasteiger partial charge in [0, 0.05) is 0 Å². The van der Waals surface area contributed by atoms with Gasteiger partial charge < -0.3 is 4.74 Å². The first-order valence-electron chi connectivity index (χ1n) is 6.90. The van der Waals surface area contributed by atoms with Gasteiger partial charge in [-0.3, -0.25) is 0 Å². The number of hydrogen-bond donors (Lipinski definition) is 0. The standard InChI is InChI=1S/C17H22O/c1-3-9-16(10-4-1)11-7-8-14-18-15-17-12-5-2-6-13-17/h2-3,5-7,9,11-13,16H,1,4,8,10,14-15H2/b11-7+. The lowest BCUT2D eigenvalue weighted by Gasteiger charge is -2.11. The minimum Gasteiger partial charge on any atom is -0.376 e. The van der Waals surface area contributed by atoms with E-state index in [-0.39, 0.29) is 0 Å². The van der Waals surface area contributed by atoms with Crippen molar-refractivity contribution >= 4 is 0 Å². The highest BCUT2D eigenvalue weighted by Gasteiger charge is 2.02. The van der Waals surface area contributed by atoms with Gasteiger partial charge in [0.15, 0.2) is 0 Å². The summed E-state index contributed by atoms with van der Waals surface area (Å²) < 4.78 is 5.64.